The monoisotopic (exact) mass is 552 g/mol. The van der Waals surface area contributed by atoms with Crippen LogP contribution in [0.3, 0.4) is 0 Å². The Kier molecular flexibility index (Phi) is 6.39. The summed E-state index contributed by atoms with van der Waals surface area (Å²) in [5.74, 6) is -1.37. The van der Waals surface area contributed by atoms with E-state index in [-0.39, 0.29) is 5.57 Å². The van der Waals surface area contributed by atoms with E-state index < -0.39 is 17.8 Å². The maximum atomic E-state index is 13.1. The minimum absolute atomic E-state index is 0.100. The molecule has 1 aliphatic rings. The summed E-state index contributed by atoms with van der Waals surface area (Å²) in [4.78, 5) is 38.8. The van der Waals surface area contributed by atoms with E-state index in [1.807, 2.05) is 55.5 Å². The van der Waals surface area contributed by atoms with Crippen molar-refractivity contribution in [3.8, 4) is 0 Å². The van der Waals surface area contributed by atoms with E-state index in [4.69, 9.17) is 0 Å². The molecule has 0 aromatic heterocycles. The van der Waals surface area contributed by atoms with Gasteiger partial charge in [-0.25, -0.2) is 9.69 Å². The number of carbonyl (C=O) groups is 3. The van der Waals surface area contributed by atoms with Crippen LogP contribution in [-0.2, 0) is 16.0 Å². The van der Waals surface area contributed by atoms with E-state index in [9.17, 15) is 14.4 Å². The van der Waals surface area contributed by atoms with Crippen LogP contribution in [0.5, 0.6) is 0 Å². The van der Waals surface area contributed by atoms with E-state index in [1.165, 1.54) is 6.08 Å². The molecule has 1 fully saturated rings. The van der Waals surface area contributed by atoms with E-state index in [0.717, 1.165) is 30.5 Å². The van der Waals surface area contributed by atoms with Crippen molar-refractivity contribution in [3.63, 3.8) is 0 Å². The lowest BCUT2D eigenvalue weighted by Crippen LogP contribution is -2.54. The molecule has 0 bridgehead atoms. The van der Waals surface area contributed by atoms with Crippen molar-refractivity contribution in [1.29, 1.82) is 0 Å². The van der Waals surface area contributed by atoms with Gasteiger partial charge in [0.1, 0.15) is 5.57 Å². The summed E-state index contributed by atoms with van der Waals surface area (Å²) < 4.78 is 1.89. The zero-order valence-electron chi connectivity index (χ0n) is 17.1. The predicted molar refractivity (Wildman–Crippen MR) is 131 cm³/mol. The molecule has 4 rings (SSSR count). The van der Waals surface area contributed by atoms with Crippen molar-refractivity contribution in [1.82, 2.24) is 5.32 Å². The highest BCUT2D eigenvalue weighted by molar-refractivity contribution is 9.10. The van der Waals surface area contributed by atoms with E-state index in [2.05, 4.69) is 37.2 Å². The lowest BCUT2D eigenvalue weighted by atomic mass is 10.0. The van der Waals surface area contributed by atoms with Crippen molar-refractivity contribution in [2.24, 2.45) is 0 Å². The molecule has 1 saturated heterocycles. The molecule has 0 spiro atoms. The average Bonchev–Trinajstić information content (AvgIpc) is 2.74. The Morgan fingerprint density at radius 3 is 2.34 bits per heavy atom. The number of hydrogen-bond donors (Lipinski definition) is 1. The molecule has 0 atom stereocenters. The summed E-state index contributed by atoms with van der Waals surface area (Å²) in [6.45, 7) is 1.87. The van der Waals surface area contributed by atoms with Gasteiger partial charge < -0.3 is 0 Å². The lowest BCUT2D eigenvalue weighted by Gasteiger charge is -2.26. The first-order valence-corrected chi connectivity index (χ1v) is 11.4. The van der Waals surface area contributed by atoms with Gasteiger partial charge in [0.15, 0.2) is 0 Å². The molecule has 0 saturated carbocycles. The number of nitrogens with one attached hydrogen (secondary N) is 1. The third-order valence-corrected chi connectivity index (χ3v) is 6.60. The Morgan fingerprint density at radius 1 is 0.875 bits per heavy atom. The Labute approximate surface area is 202 Å². The molecule has 7 heteroatoms. The summed E-state index contributed by atoms with van der Waals surface area (Å²) in [5.41, 5.74) is 4.09. The molecule has 5 nitrogen and oxygen atoms in total. The molecular weight excluding hydrogens is 536 g/mol. The molecule has 0 unspecified atom stereocenters. The second-order valence-corrected chi connectivity index (χ2v) is 9.12. The third-order valence-electron chi connectivity index (χ3n) is 5.09. The lowest BCUT2D eigenvalue weighted by molar-refractivity contribution is -0.122. The third kappa shape index (κ3) is 4.59. The fourth-order valence-corrected chi connectivity index (χ4v) is 4.43. The SMILES string of the molecule is Cc1cccc(N2C(=O)NC(=O)/C(=C\c3ccc(Cc4ccccc4Br)c(Br)c3)C2=O)c1. The minimum Gasteiger partial charge on any atom is -0.273 e. The molecule has 0 aliphatic carbocycles. The molecule has 1 heterocycles. The first kappa shape index (κ1) is 22.2. The van der Waals surface area contributed by atoms with Crippen LogP contribution in [-0.4, -0.2) is 17.8 Å². The molecule has 4 amide bonds. The van der Waals surface area contributed by atoms with Crippen LogP contribution in [0, 0.1) is 6.92 Å². The largest absolute Gasteiger partial charge is 0.335 e. The standard InChI is InChI=1S/C25H18Br2N2O3/c1-15-5-4-7-19(11-15)29-24(31)20(23(30)28-25(29)32)12-16-9-10-18(22(27)13-16)14-17-6-2-3-8-21(17)26/h2-13H,14H2,1H3,(H,28,30,32)/b20-12+. The first-order chi connectivity index (χ1) is 15.3. The van der Waals surface area contributed by atoms with Crippen molar-refractivity contribution in [2.75, 3.05) is 4.90 Å². The Bertz CT molecular complexity index is 1280. The number of rotatable bonds is 4. The molecule has 0 radical (unpaired) electrons. The maximum absolute atomic E-state index is 13.1. The van der Waals surface area contributed by atoms with Crippen LogP contribution < -0.4 is 10.2 Å². The van der Waals surface area contributed by atoms with Gasteiger partial charge in [0.05, 0.1) is 5.69 Å². The smallest absolute Gasteiger partial charge is 0.273 e. The van der Waals surface area contributed by atoms with Crippen LogP contribution in [0.1, 0.15) is 22.3 Å². The van der Waals surface area contributed by atoms with Crippen LogP contribution in [0.25, 0.3) is 6.08 Å². The van der Waals surface area contributed by atoms with E-state index >= 15 is 0 Å². The zero-order valence-corrected chi connectivity index (χ0v) is 20.2. The zero-order chi connectivity index (χ0) is 22.8. The van der Waals surface area contributed by atoms with Gasteiger partial charge in [-0.2, -0.15) is 0 Å². The van der Waals surface area contributed by atoms with Gasteiger partial charge in [-0.05, 0) is 65.9 Å². The summed E-state index contributed by atoms with van der Waals surface area (Å²) in [6.07, 6.45) is 2.22. The highest BCUT2D eigenvalue weighted by Gasteiger charge is 2.36. The molecule has 3 aromatic carbocycles. The average molecular weight is 554 g/mol. The second-order valence-electron chi connectivity index (χ2n) is 7.42. The van der Waals surface area contributed by atoms with Crippen LogP contribution in [0.4, 0.5) is 10.5 Å². The number of anilines is 1. The summed E-state index contributed by atoms with van der Waals surface area (Å²) >= 11 is 7.16. The van der Waals surface area contributed by atoms with E-state index in [0.29, 0.717) is 17.7 Å². The molecule has 32 heavy (non-hydrogen) atoms. The van der Waals surface area contributed by atoms with Gasteiger partial charge in [-0.15, -0.1) is 0 Å². The van der Waals surface area contributed by atoms with Crippen LogP contribution >= 0.6 is 31.9 Å². The second kappa shape index (κ2) is 9.22. The van der Waals surface area contributed by atoms with Crippen molar-refractivity contribution >= 4 is 61.5 Å². The van der Waals surface area contributed by atoms with Gasteiger partial charge >= 0.3 is 6.03 Å². The highest BCUT2D eigenvalue weighted by Crippen LogP contribution is 2.27. The summed E-state index contributed by atoms with van der Waals surface area (Å²) in [6, 6.07) is 19.9. The summed E-state index contributed by atoms with van der Waals surface area (Å²) in [5, 5.41) is 2.25. The normalized spacial score (nSPS) is 15.3. The highest BCUT2D eigenvalue weighted by atomic mass is 79.9. The quantitative estimate of drug-likeness (QED) is 0.329. The fraction of sp³-hybridized carbons (Fsp3) is 0.0800. The molecular formula is C25H18Br2N2O3. The fourth-order valence-electron chi connectivity index (χ4n) is 3.47. The number of amides is 4. The first-order valence-electron chi connectivity index (χ1n) is 9.83. The van der Waals surface area contributed by atoms with Crippen molar-refractivity contribution in [2.45, 2.75) is 13.3 Å². The number of nitrogens with zero attached hydrogens (tertiary/aromatic N) is 1. The topological polar surface area (TPSA) is 66.5 Å². The number of benzene rings is 3. The number of barbiturate groups is 1. The van der Waals surface area contributed by atoms with E-state index in [1.54, 1.807) is 18.2 Å². The number of imide groups is 2. The van der Waals surface area contributed by atoms with Gasteiger partial charge in [0, 0.05) is 8.95 Å². The van der Waals surface area contributed by atoms with Crippen molar-refractivity contribution < 1.29 is 14.4 Å². The molecule has 1 aliphatic heterocycles. The molecule has 1 N–H and O–H groups in total. The number of aryl methyl sites for hydroxylation is 1. The minimum atomic E-state index is -0.757. The Hall–Kier alpha value is -3.03. The van der Waals surface area contributed by atoms with Gasteiger partial charge in [0.2, 0.25) is 0 Å². The van der Waals surface area contributed by atoms with Crippen LogP contribution in [0.2, 0.25) is 0 Å². The van der Waals surface area contributed by atoms with Gasteiger partial charge in [-0.1, -0.05) is 74.3 Å². The molecule has 160 valence electrons. The number of urea groups is 1. The van der Waals surface area contributed by atoms with Crippen LogP contribution in [0.15, 0.2) is 81.2 Å². The predicted octanol–water partition coefficient (Wildman–Crippen LogP) is 5.78. The molecule has 3 aromatic rings. The van der Waals surface area contributed by atoms with Gasteiger partial charge in [0.25, 0.3) is 11.8 Å². The van der Waals surface area contributed by atoms with Crippen molar-refractivity contribution in [3.05, 3.63) is 104 Å². The summed E-state index contributed by atoms with van der Waals surface area (Å²) in [7, 11) is 0. The number of hydrogen-bond acceptors (Lipinski definition) is 3. The Balaban J connectivity index is 1.64. The van der Waals surface area contributed by atoms with Gasteiger partial charge in [-0.3, -0.25) is 14.9 Å². The number of halogens is 2. The Morgan fingerprint density at radius 2 is 1.62 bits per heavy atom. The maximum Gasteiger partial charge on any atom is 0.335 e. The number of carbonyl (C=O) groups excluding carboxylic acids is 3.